The van der Waals surface area contributed by atoms with Crippen LogP contribution >= 0.6 is 0 Å². The SMILES string of the molecule is CCOc1ccc(N/C(C)=C/C(C)=O)cc1. The van der Waals surface area contributed by atoms with Crippen LogP contribution in [0.15, 0.2) is 36.0 Å². The van der Waals surface area contributed by atoms with Gasteiger partial charge in [-0.15, -0.1) is 0 Å². The highest BCUT2D eigenvalue weighted by atomic mass is 16.5. The van der Waals surface area contributed by atoms with Crippen molar-refractivity contribution in [2.24, 2.45) is 0 Å². The minimum atomic E-state index is 0.0379. The van der Waals surface area contributed by atoms with Gasteiger partial charge in [0, 0.05) is 11.4 Å². The van der Waals surface area contributed by atoms with E-state index in [1.807, 2.05) is 38.1 Å². The molecule has 0 fully saturated rings. The summed E-state index contributed by atoms with van der Waals surface area (Å²) in [6.45, 7) is 6.00. The van der Waals surface area contributed by atoms with E-state index < -0.39 is 0 Å². The highest BCUT2D eigenvalue weighted by molar-refractivity contribution is 5.88. The van der Waals surface area contributed by atoms with E-state index in [1.165, 1.54) is 6.92 Å². The summed E-state index contributed by atoms with van der Waals surface area (Å²) in [6, 6.07) is 7.63. The smallest absolute Gasteiger partial charge is 0.154 e. The van der Waals surface area contributed by atoms with Gasteiger partial charge in [-0.2, -0.15) is 0 Å². The summed E-state index contributed by atoms with van der Waals surface area (Å²) in [5.41, 5.74) is 1.77. The fourth-order valence-corrected chi connectivity index (χ4v) is 1.37. The monoisotopic (exact) mass is 219 g/mol. The van der Waals surface area contributed by atoms with Gasteiger partial charge in [-0.3, -0.25) is 4.79 Å². The van der Waals surface area contributed by atoms with Crippen molar-refractivity contribution in [3.05, 3.63) is 36.0 Å². The molecule has 0 atom stereocenters. The Kier molecular flexibility index (Phi) is 4.58. The summed E-state index contributed by atoms with van der Waals surface area (Å²) in [5.74, 6) is 0.886. The van der Waals surface area contributed by atoms with Crippen LogP contribution in [0.5, 0.6) is 5.75 Å². The van der Waals surface area contributed by atoms with Gasteiger partial charge in [-0.05, 0) is 51.1 Å². The molecule has 0 spiro atoms. The summed E-state index contributed by atoms with van der Waals surface area (Å²) in [7, 11) is 0. The van der Waals surface area contributed by atoms with Gasteiger partial charge in [0.05, 0.1) is 6.61 Å². The first-order valence-electron chi connectivity index (χ1n) is 5.30. The van der Waals surface area contributed by atoms with Gasteiger partial charge >= 0.3 is 0 Å². The molecule has 1 aromatic carbocycles. The van der Waals surface area contributed by atoms with Crippen LogP contribution in [0.3, 0.4) is 0 Å². The number of ether oxygens (including phenoxy) is 1. The average Bonchev–Trinajstić information content (AvgIpc) is 2.20. The molecule has 1 rings (SSSR count). The quantitative estimate of drug-likeness (QED) is 0.774. The van der Waals surface area contributed by atoms with Gasteiger partial charge < -0.3 is 10.1 Å². The Hall–Kier alpha value is -1.77. The van der Waals surface area contributed by atoms with Crippen molar-refractivity contribution in [1.82, 2.24) is 0 Å². The Morgan fingerprint density at radius 1 is 1.31 bits per heavy atom. The standard InChI is InChI=1S/C13H17NO2/c1-4-16-13-7-5-12(6-8-13)14-10(2)9-11(3)15/h5-9,14H,4H2,1-3H3/b10-9+. The van der Waals surface area contributed by atoms with Crippen LogP contribution in [0.2, 0.25) is 0 Å². The lowest BCUT2D eigenvalue weighted by Crippen LogP contribution is -1.98. The molecule has 1 N–H and O–H groups in total. The predicted octanol–water partition coefficient (Wildman–Crippen LogP) is 2.99. The molecule has 0 aromatic heterocycles. The highest BCUT2D eigenvalue weighted by Gasteiger charge is 1.96. The van der Waals surface area contributed by atoms with Crippen molar-refractivity contribution < 1.29 is 9.53 Å². The summed E-state index contributed by atoms with van der Waals surface area (Å²) in [6.07, 6.45) is 1.57. The van der Waals surface area contributed by atoms with E-state index in [9.17, 15) is 4.79 Å². The van der Waals surface area contributed by atoms with Crippen LogP contribution in [0.1, 0.15) is 20.8 Å². The van der Waals surface area contributed by atoms with E-state index in [0.717, 1.165) is 17.1 Å². The van der Waals surface area contributed by atoms with Gasteiger partial charge in [-0.1, -0.05) is 0 Å². The largest absolute Gasteiger partial charge is 0.494 e. The lowest BCUT2D eigenvalue weighted by molar-refractivity contribution is -0.112. The maximum Gasteiger partial charge on any atom is 0.154 e. The Balaban J connectivity index is 2.65. The number of allylic oxidation sites excluding steroid dienone is 2. The Morgan fingerprint density at radius 2 is 1.94 bits per heavy atom. The van der Waals surface area contributed by atoms with Crippen LogP contribution < -0.4 is 10.1 Å². The lowest BCUT2D eigenvalue weighted by Gasteiger charge is -2.07. The van der Waals surface area contributed by atoms with Gasteiger partial charge in [0.1, 0.15) is 5.75 Å². The first-order valence-corrected chi connectivity index (χ1v) is 5.30. The minimum Gasteiger partial charge on any atom is -0.494 e. The van der Waals surface area contributed by atoms with Crippen LogP contribution in [-0.4, -0.2) is 12.4 Å². The molecule has 0 radical (unpaired) electrons. The Bertz CT molecular complexity index is 379. The first kappa shape index (κ1) is 12.3. The maximum absolute atomic E-state index is 10.8. The molecule has 0 bridgehead atoms. The molecule has 0 aliphatic carbocycles. The molecule has 0 amide bonds. The van der Waals surface area contributed by atoms with Crippen molar-refractivity contribution in [1.29, 1.82) is 0 Å². The molecule has 86 valence electrons. The fraction of sp³-hybridized carbons (Fsp3) is 0.308. The average molecular weight is 219 g/mol. The number of carbonyl (C=O) groups excluding carboxylic acids is 1. The zero-order valence-corrected chi connectivity index (χ0v) is 9.91. The van der Waals surface area contributed by atoms with Crippen molar-refractivity contribution in [2.75, 3.05) is 11.9 Å². The van der Waals surface area contributed by atoms with E-state index in [-0.39, 0.29) is 5.78 Å². The number of rotatable bonds is 5. The van der Waals surface area contributed by atoms with E-state index in [4.69, 9.17) is 4.74 Å². The summed E-state index contributed by atoms with van der Waals surface area (Å²) < 4.78 is 5.33. The summed E-state index contributed by atoms with van der Waals surface area (Å²) in [5, 5.41) is 3.13. The number of ketones is 1. The number of hydrogen-bond acceptors (Lipinski definition) is 3. The van der Waals surface area contributed by atoms with E-state index >= 15 is 0 Å². The number of nitrogens with one attached hydrogen (secondary N) is 1. The molecule has 1 aromatic rings. The van der Waals surface area contributed by atoms with Crippen molar-refractivity contribution in [3.63, 3.8) is 0 Å². The molecule has 0 saturated carbocycles. The highest BCUT2D eigenvalue weighted by Crippen LogP contribution is 2.16. The molecule has 16 heavy (non-hydrogen) atoms. The topological polar surface area (TPSA) is 38.3 Å². The van der Waals surface area contributed by atoms with Gasteiger partial charge in [0.15, 0.2) is 5.78 Å². The third-order valence-electron chi connectivity index (χ3n) is 1.93. The van der Waals surface area contributed by atoms with Gasteiger partial charge in [0.2, 0.25) is 0 Å². The second kappa shape index (κ2) is 5.95. The third kappa shape index (κ3) is 4.17. The second-order valence-corrected chi connectivity index (χ2v) is 3.52. The van der Waals surface area contributed by atoms with E-state index in [2.05, 4.69) is 5.32 Å². The molecule has 3 heteroatoms. The first-order chi connectivity index (χ1) is 7.61. The van der Waals surface area contributed by atoms with E-state index in [1.54, 1.807) is 6.08 Å². The van der Waals surface area contributed by atoms with Gasteiger partial charge in [-0.25, -0.2) is 0 Å². The Morgan fingerprint density at radius 3 is 2.44 bits per heavy atom. The van der Waals surface area contributed by atoms with E-state index in [0.29, 0.717) is 6.61 Å². The zero-order chi connectivity index (χ0) is 12.0. The van der Waals surface area contributed by atoms with Crippen LogP contribution in [0.25, 0.3) is 0 Å². The predicted molar refractivity (Wildman–Crippen MR) is 65.7 cm³/mol. The molecule has 0 saturated heterocycles. The molecule has 0 heterocycles. The third-order valence-corrected chi connectivity index (χ3v) is 1.93. The van der Waals surface area contributed by atoms with Crippen molar-refractivity contribution in [2.45, 2.75) is 20.8 Å². The normalized spacial score (nSPS) is 11.1. The second-order valence-electron chi connectivity index (χ2n) is 3.52. The zero-order valence-electron chi connectivity index (χ0n) is 9.91. The van der Waals surface area contributed by atoms with Crippen molar-refractivity contribution in [3.8, 4) is 5.75 Å². The summed E-state index contributed by atoms with van der Waals surface area (Å²) >= 11 is 0. The molecule has 0 unspecified atom stereocenters. The van der Waals surface area contributed by atoms with Gasteiger partial charge in [0.25, 0.3) is 0 Å². The Labute approximate surface area is 96.1 Å². The number of benzene rings is 1. The number of hydrogen-bond donors (Lipinski definition) is 1. The van der Waals surface area contributed by atoms with Crippen LogP contribution in [0.4, 0.5) is 5.69 Å². The molecular weight excluding hydrogens is 202 g/mol. The summed E-state index contributed by atoms with van der Waals surface area (Å²) in [4.78, 5) is 10.8. The maximum atomic E-state index is 10.8. The number of carbonyl (C=O) groups is 1. The van der Waals surface area contributed by atoms with Crippen molar-refractivity contribution >= 4 is 11.5 Å². The number of anilines is 1. The van der Waals surface area contributed by atoms with Crippen LogP contribution in [-0.2, 0) is 4.79 Å². The molecule has 3 nitrogen and oxygen atoms in total. The molecular formula is C13H17NO2. The lowest BCUT2D eigenvalue weighted by atomic mass is 10.2. The molecule has 0 aliphatic rings. The molecule has 0 aliphatic heterocycles. The minimum absolute atomic E-state index is 0.0379. The fourth-order valence-electron chi connectivity index (χ4n) is 1.37. The van der Waals surface area contributed by atoms with Crippen LogP contribution in [0, 0.1) is 0 Å².